The average Bonchev–Trinajstić information content (AvgIpc) is 3.10. The molecule has 0 aromatic heterocycles. The second kappa shape index (κ2) is 8.82. The molecule has 8 heteroatoms. The van der Waals surface area contributed by atoms with Gasteiger partial charge in [-0.2, -0.15) is 13.2 Å². The molecule has 1 fully saturated rings. The van der Waals surface area contributed by atoms with Gasteiger partial charge in [-0.3, -0.25) is 0 Å². The minimum absolute atomic E-state index is 0.0685. The molecule has 0 amide bonds. The Morgan fingerprint density at radius 1 is 1.24 bits per heavy atom. The van der Waals surface area contributed by atoms with Crippen LogP contribution in [0.25, 0.3) is 0 Å². The smallest absolute Gasteiger partial charge is 0.422 e. The van der Waals surface area contributed by atoms with Gasteiger partial charge in [-0.15, -0.1) is 0 Å². The van der Waals surface area contributed by atoms with Crippen molar-refractivity contribution >= 4 is 5.96 Å². The van der Waals surface area contributed by atoms with E-state index in [9.17, 15) is 13.2 Å². The molecule has 1 aromatic carbocycles. The zero-order chi connectivity index (χ0) is 18.3. The fourth-order valence-corrected chi connectivity index (χ4v) is 2.61. The minimum Gasteiger partial charge on any atom is -0.493 e. The van der Waals surface area contributed by atoms with Gasteiger partial charge < -0.3 is 19.7 Å². The van der Waals surface area contributed by atoms with Crippen LogP contribution >= 0.6 is 0 Å². The molecule has 1 saturated heterocycles. The topological polar surface area (TPSA) is 46.1 Å². The number of rotatable bonds is 6. The second-order valence-electron chi connectivity index (χ2n) is 5.75. The van der Waals surface area contributed by atoms with Crippen LogP contribution in [0, 0.1) is 0 Å². The molecule has 25 heavy (non-hydrogen) atoms. The van der Waals surface area contributed by atoms with E-state index in [2.05, 4.69) is 15.2 Å². The van der Waals surface area contributed by atoms with E-state index < -0.39 is 12.8 Å². The van der Waals surface area contributed by atoms with Crippen molar-refractivity contribution in [3.63, 3.8) is 0 Å². The number of hydrogen-bond donors (Lipinski definition) is 1. The first-order valence-corrected chi connectivity index (χ1v) is 8.32. The second-order valence-corrected chi connectivity index (χ2v) is 5.75. The van der Waals surface area contributed by atoms with Crippen LogP contribution in [0.3, 0.4) is 0 Å². The van der Waals surface area contributed by atoms with Gasteiger partial charge in [-0.1, -0.05) is 6.07 Å². The van der Waals surface area contributed by atoms with E-state index in [1.165, 1.54) is 13.2 Å². The van der Waals surface area contributed by atoms with E-state index in [0.717, 1.165) is 44.0 Å². The van der Waals surface area contributed by atoms with Gasteiger partial charge in [-0.05, 0) is 37.5 Å². The molecule has 0 radical (unpaired) electrons. The Morgan fingerprint density at radius 2 is 1.96 bits per heavy atom. The summed E-state index contributed by atoms with van der Waals surface area (Å²) >= 11 is 0. The van der Waals surface area contributed by atoms with Crippen molar-refractivity contribution in [3.05, 3.63) is 23.8 Å². The molecule has 0 aliphatic carbocycles. The predicted molar refractivity (Wildman–Crippen MR) is 90.2 cm³/mol. The summed E-state index contributed by atoms with van der Waals surface area (Å²) in [5.41, 5.74) is 0.839. The first kappa shape index (κ1) is 19.2. The van der Waals surface area contributed by atoms with Crippen LogP contribution in [0.2, 0.25) is 0 Å². The van der Waals surface area contributed by atoms with Gasteiger partial charge in [0, 0.05) is 19.6 Å². The third-order valence-corrected chi connectivity index (χ3v) is 3.77. The van der Waals surface area contributed by atoms with Crippen molar-refractivity contribution < 1.29 is 22.6 Å². The zero-order valence-electron chi connectivity index (χ0n) is 14.5. The third-order valence-electron chi connectivity index (χ3n) is 3.77. The lowest BCUT2D eigenvalue weighted by Gasteiger charge is -2.20. The molecular weight excluding hydrogens is 335 g/mol. The minimum atomic E-state index is -4.38. The highest BCUT2D eigenvalue weighted by atomic mass is 19.4. The lowest BCUT2D eigenvalue weighted by atomic mass is 10.2. The van der Waals surface area contributed by atoms with Crippen molar-refractivity contribution in [1.82, 2.24) is 10.2 Å². The van der Waals surface area contributed by atoms with Gasteiger partial charge in [-0.25, -0.2) is 4.99 Å². The van der Waals surface area contributed by atoms with Crippen LogP contribution in [0.1, 0.15) is 25.3 Å². The molecule has 1 heterocycles. The average molecular weight is 359 g/mol. The highest BCUT2D eigenvalue weighted by Gasteiger charge is 2.29. The number of alkyl halides is 3. The normalized spacial score (nSPS) is 15.4. The summed E-state index contributed by atoms with van der Waals surface area (Å²) in [5, 5.41) is 3.27. The van der Waals surface area contributed by atoms with E-state index in [1.54, 1.807) is 12.1 Å². The maximum Gasteiger partial charge on any atom is 0.422 e. The molecule has 0 unspecified atom stereocenters. The Balaban J connectivity index is 2.07. The van der Waals surface area contributed by atoms with E-state index in [0.29, 0.717) is 6.54 Å². The van der Waals surface area contributed by atoms with E-state index in [1.807, 2.05) is 6.92 Å². The lowest BCUT2D eigenvalue weighted by Crippen LogP contribution is -2.39. The summed E-state index contributed by atoms with van der Waals surface area (Å²) in [5.74, 6) is 1.19. The molecular formula is C17H24F3N3O2. The Hall–Kier alpha value is -2.12. The van der Waals surface area contributed by atoms with E-state index >= 15 is 0 Å². The van der Waals surface area contributed by atoms with E-state index in [-0.39, 0.29) is 11.5 Å². The molecule has 2 rings (SSSR count). The molecule has 1 aliphatic heterocycles. The van der Waals surface area contributed by atoms with Crippen LogP contribution in [0.5, 0.6) is 11.5 Å². The number of hydrogen-bond acceptors (Lipinski definition) is 3. The lowest BCUT2D eigenvalue weighted by molar-refractivity contribution is -0.153. The monoisotopic (exact) mass is 359 g/mol. The number of nitrogens with one attached hydrogen (secondary N) is 1. The Labute approximate surface area is 145 Å². The summed E-state index contributed by atoms with van der Waals surface area (Å²) in [7, 11) is 1.40. The number of likely N-dealkylation sites (tertiary alicyclic amines) is 1. The SMILES string of the molecule is CCNC(=NCc1ccc(OCC(F)(F)F)c(OC)c1)N1CCCC1. The van der Waals surface area contributed by atoms with Gasteiger partial charge >= 0.3 is 6.18 Å². The summed E-state index contributed by atoms with van der Waals surface area (Å²) in [6.07, 6.45) is -2.07. The Morgan fingerprint density at radius 3 is 2.56 bits per heavy atom. The number of benzene rings is 1. The fraction of sp³-hybridized carbons (Fsp3) is 0.588. The molecule has 1 aliphatic rings. The van der Waals surface area contributed by atoms with Crippen LogP contribution in [-0.2, 0) is 6.54 Å². The number of aliphatic imine (C=N–C) groups is 1. The summed E-state index contributed by atoms with van der Waals surface area (Å²) in [6, 6.07) is 4.84. The third kappa shape index (κ3) is 6.03. The highest BCUT2D eigenvalue weighted by molar-refractivity contribution is 5.80. The van der Waals surface area contributed by atoms with Crippen molar-refractivity contribution in [3.8, 4) is 11.5 Å². The molecule has 140 valence electrons. The highest BCUT2D eigenvalue weighted by Crippen LogP contribution is 2.30. The van der Waals surface area contributed by atoms with Gasteiger partial charge in [0.1, 0.15) is 0 Å². The summed E-state index contributed by atoms with van der Waals surface area (Å²) in [6.45, 7) is 3.83. The number of halogens is 3. The summed E-state index contributed by atoms with van der Waals surface area (Å²) in [4.78, 5) is 6.82. The van der Waals surface area contributed by atoms with Crippen molar-refractivity contribution in [2.24, 2.45) is 4.99 Å². The van der Waals surface area contributed by atoms with E-state index in [4.69, 9.17) is 9.47 Å². The number of ether oxygens (including phenoxy) is 2. The maximum atomic E-state index is 12.3. The van der Waals surface area contributed by atoms with Gasteiger partial charge in [0.05, 0.1) is 13.7 Å². The molecule has 1 aromatic rings. The van der Waals surface area contributed by atoms with Gasteiger partial charge in [0.25, 0.3) is 0 Å². The Kier molecular flexibility index (Phi) is 6.78. The molecule has 0 atom stereocenters. The van der Waals surface area contributed by atoms with Crippen LogP contribution in [0.4, 0.5) is 13.2 Å². The number of guanidine groups is 1. The predicted octanol–water partition coefficient (Wildman–Crippen LogP) is 3.20. The van der Waals surface area contributed by atoms with Crippen molar-refractivity contribution in [2.75, 3.05) is 33.4 Å². The standard InChI is InChI=1S/C17H24F3N3O2/c1-3-21-16(23-8-4-5-9-23)22-11-13-6-7-14(15(10-13)24-2)25-12-17(18,19)20/h6-7,10H,3-5,8-9,11-12H2,1-2H3,(H,21,22). The van der Waals surface area contributed by atoms with Crippen molar-refractivity contribution in [1.29, 1.82) is 0 Å². The van der Waals surface area contributed by atoms with Gasteiger partial charge in [0.15, 0.2) is 24.1 Å². The number of nitrogens with zero attached hydrogens (tertiary/aromatic N) is 2. The quantitative estimate of drug-likeness (QED) is 0.626. The molecule has 0 spiro atoms. The van der Waals surface area contributed by atoms with Crippen LogP contribution in [-0.4, -0.2) is 50.4 Å². The number of methoxy groups -OCH3 is 1. The first-order chi connectivity index (χ1) is 11.9. The summed E-state index contributed by atoms with van der Waals surface area (Å²) < 4.78 is 46.8. The van der Waals surface area contributed by atoms with Crippen molar-refractivity contribution in [2.45, 2.75) is 32.5 Å². The van der Waals surface area contributed by atoms with Crippen LogP contribution in [0.15, 0.2) is 23.2 Å². The molecule has 0 bridgehead atoms. The zero-order valence-corrected chi connectivity index (χ0v) is 14.5. The first-order valence-electron chi connectivity index (χ1n) is 8.32. The largest absolute Gasteiger partial charge is 0.493 e. The maximum absolute atomic E-state index is 12.3. The van der Waals surface area contributed by atoms with Crippen LogP contribution < -0.4 is 14.8 Å². The Bertz CT molecular complexity index is 585. The van der Waals surface area contributed by atoms with Gasteiger partial charge in [0.2, 0.25) is 0 Å². The molecule has 0 saturated carbocycles. The molecule has 1 N–H and O–H groups in total. The fourth-order valence-electron chi connectivity index (χ4n) is 2.61. The molecule has 5 nitrogen and oxygen atoms in total.